The van der Waals surface area contributed by atoms with Crippen LogP contribution in [0.5, 0.6) is 0 Å². The van der Waals surface area contributed by atoms with Gasteiger partial charge >= 0.3 is 14.2 Å². The van der Waals surface area contributed by atoms with Crippen molar-refractivity contribution in [2.45, 2.75) is 32.1 Å². The predicted molar refractivity (Wildman–Crippen MR) is 160 cm³/mol. The average molecular weight is 576 g/mol. The number of methoxy groups -OCH3 is 2. The lowest BCUT2D eigenvalue weighted by Crippen LogP contribution is -2.35. The van der Waals surface area contributed by atoms with Gasteiger partial charge in [0.2, 0.25) is 0 Å². The van der Waals surface area contributed by atoms with Crippen molar-refractivity contribution in [3.8, 4) is 11.1 Å². The van der Waals surface area contributed by atoms with Crippen LogP contribution in [0.3, 0.4) is 0 Å². The highest BCUT2D eigenvalue weighted by atomic mass is 16.5. The van der Waals surface area contributed by atoms with Gasteiger partial charge in [-0.3, -0.25) is 0 Å². The van der Waals surface area contributed by atoms with Crippen molar-refractivity contribution in [2.24, 2.45) is 0 Å². The predicted octanol–water partition coefficient (Wildman–Crippen LogP) is 0.478. The van der Waals surface area contributed by atoms with Crippen LogP contribution in [0.15, 0.2) is 36.4 Å². The highest BCUT2D eigenvalue weighted by Crippen LogP contribution is 2.52. The number of benzene rings is 2. The zero-order valence-electron chi connectivity index (χ0n) is 24.8. The smallest absolute Gasteiger partial charge is 0.423 e. The summed E-state index contributed by atoms with van der Waals surface area (Å²) in [6.45, 7) is 8.56. The summed E-state index contributed by atoms with van der Waals surface area (Å²) >= 11 is 0. The SMILES string of the molecule is CC.COCCOCCOCCC1(CCOCCOCCOC)c2cc(B(O)O)ccc2-c2ccc(B(O)O)cc21. The van der Waals surface area contributed by atoms with Gasteiger partial charge in [0.25, 0.3) is 0 Å². The van der Waals surface area contributed by atoms with Crippen LogP contribution in [0.2, 0.25) is 0 Å². The monoisotopic (exact) mass is 576 g/mol. The molecule has 1 aliphatic rings. The maximum atomic E-state index is 9.92. The molecule has 0 unspecified atom stereocenters. The van der Waals surface area contributed by atoms with Crippen molar-refractivity contribution in [3.05, 3.63) is 47.5 Å². The Morgan fingerprint density at radius 2 is 0.878 bits per heavy atom. The fourth-order valence-corrected chi connectivity index (χ4v) is 4.94. The Bertz CT molecular complexity index is 926. The van der Waals surface area contributed by atoms with Gasteiger partial charge in [-0.25, -0.2) is 0 Å². The molecule has 41 heavy (non-hydrogen) atoms. The van der Waals surface area contributed by atoms with Crippen LogP contribution in [-0.2, 0) is 33.8 Å². The Kier molecular flexibility index (Phi) is 16.7. The van der Waals surface area contributed by atoms with Crippen molar-refractivity contribution in [3.63, 3.8) is 0 Å². The molecular weight excluding hydrogens is 530 g/mol. The summed E-state index contributed by atoms with van der Waals surface area (Å²) < 4.78 is 32.8. The van der Waals surface area contributed by atoms with Crippen LogP contribution >= 0.6 is 0 Å². The van der Waals surface area contributed by atoms with Crippen molar-refractivity contribution in [2.75, 3.05) is 80.3 Å². The maximum Gasteiger partial charge on any atom is 0.488 e. The Balaban J connectivity index is 0.00000287. The Morgan fingerprint density at radius 3 is 1.22 bits per heavy atom. The second-order valence-electron chi connectivity index (χ2n) is 9.37. The molecule has 1 aliphatic carbocycles. The van der Waals surface area contributed by atoms with Gasteiger partial charge in [-0.1, -0.05) is 50.2 Å². The molecule has 0 aromatic heterocycles. The van der Waals surface area contributed by atoms with Gasteiger partial charge in [0, 0.05) is 32.8 Å². The van der Waals surface area contributed by atoms with Gasteiger partial charge in [0.05, 0.1) is 52.9 Å². The van der Waals surface area contributed by atoms with Crippen molar-refractivity contribution < 1.29 is 48.5 Å². The lowest BCUT2D eigenvalue weighted by Gasteiger charge is -2.33. The lowest BCUT2D eigenvalue weighted by atomic mass is 9.69. The molecule has 2 aromatic rings. The summed E-state index contributed by atoms with van der Waals surface area (Å²) in [7, 11) is 0.00830. The topological polar surface area (TPSA) is 136 Å². The zero-order chi connectivity index (χ0) is 30.1. The van der Waals surface area contributed by atoms with E-state index in [9.17, 15) is 20.1 Å². The average Bonchev–Trinajstić information content (AvgIpc) is 3.25. The molecule has 0 fully saturated rings. The van der Waals surface area contributed by atoms with E-state index >= 15 is 0 Å². The Hall–Kier alpha value is -1.83. The third kappa shape index (κ3) is 10.1. The summed E-state index contributed by atoms with van der Waals surface area (Å²) in [6, 6.07) is 10.8. The fourth-order valence-electron chi connectivity index (χ4n) is 4.94. The molecule has 0 radical (unpaired) electrons. The first-order chi connectivity index (χ1) is 19.9. The van der Waals surface area contributed by atoms with Gasteiger partial charge in [0.15, 0.2) is 0 Å². The molecule has 0 saturated carbocycles. The van der Waals surface area contributed by atoms with Gasteiger partial charge in [0.1, 0.15) is 0 Å². The lowest BCUT2D eigenvalue weighted by molar-refractivity contribution is 0.0145. The van der Waals surface area contributed by atoms with Gasteiger partial charge in [-0.2, -0.15) is 0 Å². The molecule has 0 heterocycles. The van der Waals surface area contributed by atoms with Gasteiger partial charge < -0.3 is 48.5 Å². The van der Waals surface area contributed by atoms with E-state index in [0.29, 0.717) is 89.8 Å². The molecule has 0 saturated heterocycles. The molecule has 3 rings (SSSR count). The van der Waals surface area contributed by atoms with Crippen LogP contribution in [0.4, 0.5) is 0 Å². The first-order valence-corrected chi connectivity index (χ1v) is 14.2. The van der Waals surface area contributed by atoms with Gasteiger partial charge in [-0.05, 0) is 46.0 Å². The first-order valence-electron chi connectivity index (χ1n) is 14.2. The largest absolute Gasteiger partial charge is 0.488 e. The second-order valence-corrected chi connectivity index (χ2v) is 9.37. The minimum atomic E-state index is -1.62. The van der Waals surface area contributed by atoms with E-state index in [4.69, 9.17) is 28.4 Å². The molecule has 4 N–H and O–H groups in total. The van der Waals surface area contributed by atoms with Gasteiger partial charge in [-0.15, -0.1) is 0 Å². The standard InChI is InChI=1S/C27H40B2O10.C2H6/c1-34-11-13-38-17-15-36-9-7-27(8-10-37-16-18-39-14-12-35-2)25-19-21(28(30)31)3-5-23(25)24-6-4-22(29(32)33)20-26(24)27;1-2/h3-6,19-20,30-33H,7-18H2,1-2H3;1-2H3. The molecular formula is C29H46B2O10. The molecule has 2 aromatic carbocycles. The number of hydrogen-bond donors (Lipinski definition) is 4. The number of ether oxygens (including phenoxy) is 6. The quantitative estimate of drug-likeness (QED) is 0.130. The first kappa shape index (κ1) is 35.4. The third-order valence-electron chi connectivity index (χ3n) is 6.96. The number of hydrogen-bond acceptors (Lipinski definition) is 10. The maximum absolute atomic E-state index is 9.92. The van der Waals surface area contributed by atoms with Crippen LogP contribution in [-0.4, -0.2) is 115 Å². The minimum Gasteiger partial charge on any atom is -0.423 e. The van der Waals surface area contributed by atoms with E-state index in [1.165, 1.54) is 0 Å². The Labute approximate surface area is 244 Å². The van der Waals surface area contributed by atoms with Crippen molar-refractivity contribution in [1.29, 1.82) is 0 Å². The second kappa shape index (κ2) is 19.4. The molecule has 0 spiro atoms. The highest BCUT2D eigenvalue weighted by Gasteiger charge is 2.43. The molecule has 12 heteroatoms. The molecule has 0 amide bonds. The van der Waals surface area contributed by atoms with Crippen LogP contribution < -0.4 is 10.9 Å². The normalized spacial score (nSPS) is 12.9. The summed E-state index contributed by atoms with van der Waals surface area (Å²) in [6.07, 6.45) is 1.13. The fraction of sp³-hybridized carbons (Fsp3) is 0.586. The van der Waals surface area contributed by atoms with E-state index in [0.717, 1.165) is 22.3 Å². The van der Waals surface area contributed by atoms with E-state index in [1.807, 2.05) is 38.1 Å². The Morgan fingerprint density at radius 1 is 0.537 bits per heavy atom. The van der Waals surface area contributed by atoms with Crippen LogP contribution in [0.25, 0.3) is 11.1 Å². The minimum absolute atomic E-state index is 0.383. The van der Waals surface area contributed by atoms with E-state index in [2.05, 4.69) is 0 Å². The third-order valence-corrected chi connectivity index (χ3v) is 6.96. The van der Waals surface area contributed by atoms with E-state index in [1.54, 1.807) is 26.4 Å². The molecule has 0 bridgehead atoms. The summed E-state index contributed by atoms with van der Waals surface area (Å²) in [5.41, 5.74) is 3.91. The van der Waals surface area contributed by atoms with Crippen LogP contribution in [0.1, 0.15) is 37.8 Å². The summed E-state index contributed by atoms with van der Waals surface area (Å²) in [5.74, 6) is 0. The number of rotatable bonds is 20. The van der Waals surface area contributed by atoms with E-state index in [-0.39, 0.29) is 0 Å². The van der Waals surface area contributed by atoms with Crippen molar-refractivity contribution in [1.82, 2.24) is 0 Å². The molecule has 0 aliphatic heterocycles. The number of fused-ring (bicyclic) bond motifs is 3. The van der Waals surface area contributed by atoms with Crippen molar-refractivity contribution >= 4 is 25.2 Å². The van der Waals surface area contributed by atoms with E-state index < -0.39 is 19.7 Å². The molecule has 0 atom stereocenters. The highest BCUT2D eigenvalue weighted by molar-refractivity contribution is 6.59. The van der Waals surface area contributed by atoms with Crippen LogP contribution in [0, 0.1) is 0 Å². The molecule has 10 nitrogen and oxygen atoms in total. The summed E-state index contributed by atoms with van der Waals surface area (Å²) in [4.78, 5) is 0. The zero-order valence-corrected chi connectivity index (χ0v) is 24.8. The summed E-state index contributed by atoms with van der Waals surface area (Å²) in [5, 5.41) is 39.7. The molecule has 228 valence electrons.